The van der Waals surface area contributed by atoms with Gasteiger partial charge in [-0.2, -0.15) is 0 Å². The Balaban J connectivity index is 1.19. The van der Waals surface area contributed by atoms with Crippen LogP contribution in [0.2, 0.25) is 5.02 Å². The van der Waals surface area contributed by atoms with Gasteiger partial charge in [-0.3, -0.25) is 14.7 Å². The lowest BCUT2D eigenvalue weighted by molar-refractivity contribution is -0.130. The molecule has 0 spiro atoms. The molecule has 34 heavy (non-hydrogen) atoms. The number of benzene rings is 1. The second-order valence-electron chi connectivity index (χ2n) is 9.40. The number of pyridine rings is 1. The fourth-order valence-electron chi connectivity index (χ4n) is 5.35. The van der Waals surface area contributed by atoms with Crippen LogP contribution in [-0.2, 0) is 11.3 Å². The van der Waals surface area contributed by atoms with E-state index in [1.165, 1.54) is 24.8 Å². The molecule has 2 saturated heterocycles. The largest absolute Gasteiger partial charge is 0.454 e. The van der Waals surface area contributed by atoms with Gasteiger partial charge in [0.2, 0.25) is 12.7 Å². The van der Waals surface area contributed by atoms with Crippen molar-refractivity contribution in [2.75, 3.05) is 33.0 Å². The van der Waals surface area contributed by atoms with Crippen LogP contribution < -0.4 is 14.8 Å². The number of nitrogens with one attached hydrogen (secondary N) is 1. The molecule has 0 unspecified atom stereocenters. The van der Waals surface area contributed by atoms with Crippen LogP contribution in [0.3, 0.4) is 0 Å². The standard InChI is InChI=1S/C26H33ClN4O3/c27-22-14-25-24(33-18-34-25)13-20(22)16-29-10-8-21-6-7-26(32)31(21)17-23(19-5-4-9-28-15-19)30-11-2-1-3-12-30/h4-5,9,13-15,21,23,29H,1-3,6-8,10-12,16-18H2/t21-,23-/m1/s1. The first-order chi connectivity index (χ1) is 16.7. The highest BCUT2D eigenvalue weighted by Crippen LogP contribution is 2.37. The Morgan fingerprint density at radius 3 is 2.79 bits per heavy atom. The highest BCUT2D eigenvalue weighted by Gasteiger charge is 2.34. The summed E-state index contributed by atoms with van der Waals surface area (Å²) >= 11 is 6.41. The Morgan fingerprint density at radius 2 is 2.00 bits per heavy atom. The number of halogens is 1. The molecule has 3 aliphatic rings. The summed E-state index contributed by atoms with van der Waals surface area (Å²) in [5.41, 5.74) is 2.20. The minimum absolute atomic E-state index is 0.207. The van der Waals surface area contributed by atoms with Gasteiger partial charge in [-0.25, -0.2) is 0 Å². The van der Waals surface area contributed by atoms with E-state index in [-0.39, 0.29) is 24.8 Å². The molecule has 2 aromatic rings. The predicted molar refractivity (Wildman–Crippen MR) is 131 cm³/mol. The summed E-state index contributed by atoms with van der Waals surface area (Å²) in [4.78, 5) is 21.9. The summed E-state index contributed by atoms with van der Waals surface area (Å²) in [6, 6.07) is 8.38. The quantitative estimate of drug-likeness (QED) is 0.539. The number of piperidine rings is 1. The van der Waals surface area contributed by atoms with Crippen molar-refractivity contribution >= 4 is 17.5 Å². The first-order valence-electron chi connectivity index (χ1n) is 12.4. The van der Waals surface area contributed by atoms with Crippen molar-refractivity contribution in [2.45, 2.75) is 57.2 Å². The summed E-state index contributed by atoms with van der Waals surface area (Å²) in [7, 11) is 0. The number of likely N-dealkylation sites (tertiary alicyclic amines) is 2. The van der Waals surface area contributed by atoms with E-state index in [0.29, 0.717) is 23.7 Å². The van der Waals surface area contributed by atoms with Gasteiger partial charge in [-0.1, -0.05) is 24.1 Å². The van der Waals surface area contributed by atoms with E-state index in [0.717, 1.165) is 50.3 Å². The van der Waals surface area contributed by atoms with Crippen LogP contribution in [0.4, 0.5) is 0 Å². The van der Waals surface area contributed by atoms with Gasteiger partial charge in [-0.15, -0.1) is 0 Å². The second-order valence-corrected chi connectivity index (χ2v) is 9.81. The van der Waals surface area contributed by atoms with Crippen molar-refractivity contribution in [3.63, 3.8) is 0 Å². The first kappa shape index (κ1) is 23.4. The number of hydrogen-bond donors (Lipinski definition) is 1. The van der Waals surface area contributed by atoms with E-state index in [1.54, 1.807) is 0 Å². The lowest BCUT2D eigenvalue weighted by Crippen LogP contribution is -2.44. The Labute approximate surface area is 206 Å². The van der Waals surface area contributed by atoms with E-state index in [1.807, 2.05) is 30.6 Å². The average Bonchev–Trinajstić information content (AvgIpc) is 3.47. The zero-order chi connectivity index (χ0) is 23.3. The van der Waals surface area contributed by atoms with E-state index >= 15 is 0 Å². The molecule has 0 aliphatic carbocycles. The summed E-state index contributed by atoms with van der Waals surface area (Å²) in [5.74, 6) is 1.72. The molecule has 2 fully saturated rings. The molecular formula is C26H33ClN4O3. The topological polar surface area (TPSA) is 66.9 Å². The monoisotopic (exact) mass is 484 g/mol. The Bertz CT molecular complexity index is 984. The van der Waals surface area contributed by atoms with Gasteiger partial charge in [0.1, 0.15) is 0 Å². The van der Waals surface area contributed by atoms with Crippen LogP contribution in [0.15, 0.2) is 36.7 Å². The van der Waals surface area contributed by atoms with Gasteiger partial charge in [-0.05, 0) is 68.6 Å². The molecule has 0 radical (unpaired) electrons. The lowest BCUT2D eigenvalue weighted by atomic mass is 10.0. The maximum absolute atomic E-state index is 12.9. The van der Waals surface area contributed by atoms with Crippen molar-refractivity contribution in [1.82, 2.24) is 20.1 Å². The van der Waals surface area contributed by atoms with E-state index < -0.39 is 0 Å². The smallest absolute Gasteiger partial charge is 0.231 e. The van der Waals surface area contributed by atoms with E-state index in [4.69, 9.17) is 21.1 Å². The number of carbonyl (C=O) groups excluding carboxylic acids is 1. The Kier molecular flexibility index (Phi) is 7.52. The summed E-state index contributed by atoms with van der Waals surface area (Å²) in [6.45, 7) is 4.63. The van der Waals surface area contributed by atoms with Crippen LogP contribution in [0.25, 0.3) is 0 Å². The van der Waals surface area contributed by atoms with Gasteiger partial charge < -0.3 is 19.7 Å². The molecule has 3 aliphatic heterocycles. The van der Waals surface area contributed by atoms with Gasteiger partial charge >= 0.3 is 0 Å². The van der Waals surface area contributed by atoms with Crippen molar-refractivity contribution in [3.8, 4) is 11.5 Å². The Morgan fingerprint density at radius 1 is 1.18 bits per heavy atom. The number of nitrogens with zero attached hydrogens (tertiary/aromatic N) is 3. The maximum atomic E-state index is 12.9. The van der Waals surface area contributed by atoms with Gasteiger partial charge in [0.05, 0.1) is 6.04 Å². The molecule has 0 bridgehead atoms. The highest BCUT2D eigenvalue weighted by molar-refractivity contribution is 6.31. The second kappa shape index (κ2) is 10.9. The molecular weight excluding hydrogens is 452 g/mol. The third kappa shape index (κ3) is 5.32. The molecule has 2 atom stereocenters. The minimum Gasteiger partial charge on any atom is -0.454 e. The number of rotatable bonds is 9. The average molecular weight is 485 g/mol. The number of amides is 1. The van der Waals surface area contributed by atoms with Crippen LogP contribution in [0.1, 0.15) is 55.7 Å². The molecule has 1 aromatic heterocycles. The summed E-state index contributed by atoms with van der Waals surface area (Å²) < 4.78 is 10.9. The fourth-order valence-corrected chi connectivity index (χ4v) is 5.57. The van der Waals surface area contributed by atoms with Crippen molar-refractivity contribution in [3.05, 3.63) is 52.8 Å². The molecule has 8 heteroatoms. The number of fused-ring (bicyclic) bond motifs is 1. The van der Waals surface area contributed by atoms with Crippen LogP contribution in [-0.4, -0.2) is 59.7 Å². The zero-order valence-electron chi connectivity index (χ0n) is 19.5. The van der Waals surface area contributed by atoms with E-state index in [9.17, 15) is 4.79 Å². The minimum atomic E-state index is 0.207. The third-order valence-electron chi connectivity index (χ3n) is 7.23. The number of ether oxygens (including phenoxy) is 2. The molecule has 5 rings (SSSR count). The normalized spacial score (nSPS) is 21.3. The van der Waals surface area contributed by atoms with E-state index in [2.05, 4.69) is 26.2 Å². The van der Waals surface area contributed by atoms with Gasteiger partial charge in [0, 0.05) is 49.0 Å². The summed E-state index contributed by atoms with van der Waals surface area (Å²) in [6.07, 6.45) is 10.0. The van der Waals surface area contributed by atoms with Crippen molar-refractivity contribution in [2.24, 2.45) is 0 Å². The van der Waals surface area contributed by atoms with Crippen LogP contribution in [0, 0.1) is 0 Å². The molecule has 1 aromatic carbocycles. The van der Waals surface area contributed by atoms with Gasteiger partial charge in [0.25, 0.3) is 0 Å². The number of aromatic nitrogens is 1. The van der Waals surface area contributed by atoms with Crippen molar-refractivity contribution in [1.29, 1.82) is 0 Å². The molecule has 1 amide bonds. The van der Waals surface area contributed by atoms with Gasteiger partial charge in [0.15, 0.2) is 11.5 Å². The fraction of sp³-hybridized carbons (Fsp3) is 0.538. The summed E-state index contributed by atoms with van der Waals surface area (Å²) in [5, 5.41) is 4.18. The SMILES string of the molecule is O=C1CC[C@H](CCNCc2cc3c(cc2Cl)OCO3)N1C[C@H](c1cccnc1)N1CCCCC1. The zero-order valence-corrected chi connectivity index (χ0v) is 20.3. The first-order valence-corrected chi connectivity index (χ1v) is 12.8. The van der Waals surface area contributed by atoms with Crippen LogP contribution >= 0.6 is 11.6 Å². The number of carbonyl (C=O) groups is 1. The number of hydrogen-bond acceptors (Lipinski definition) is 6. The lowest BCUT2D eigenvalue weighted by Gasteiger charge is -2.38. The third-order valence-corrected chi connectivity index (χ3v) is 7.59. The molecule has 4 heterocycles. The van der Waals surface area contributed by atoms with Crippen molar-refractivity contribution < 1.29 is 14.3 Å². The highest BCUT2D eigenvalue weighted by atomic mass is 35.5. The Hall–Kier alpha value is -2.35. The molecule has 7 nitrogen and oxygen atoms in total. The maximum Gasteiger partial charge on any atom is 0.231 e. The molecule has 0 saturated carbocycles. The molecule has 1 N–H and O–H groups in total. The van der Waals surface area contributed by atoms with Crippen LogP contribution in [0.5, 0.6) is 11.5 Å². The molecule has 182 valence electrons. The predicted octanol–water partition coefficient (Wildman–Crippen LogP) is 4.16.